The van der Waals surface area contributed by atoms with E-state index < -0.39 is 9.84 Å². The second kappa shape index (κ2) is 4.43. The monoisotopic (exact) mass is 241 g/mol. The van der Waals surface area contributed by atoms with Gasteiger partial charge >= 0.3 is 0 Å². The lowest BCUT2D eigenvalue weighted by Gasteiger charge is -2.12. The normalized spacial score (nSPS) is 20.9. The summed E-state index contributed by atoms with van der Waals surface area (Å²) in [7, 11) is -3.10. The molecule has 0 amide bonds. The van der Waals surface area contributed by atoms with Gasteiger partial charge in [-0.25, -0.2) is 8.42 Å². The molecule has 1 N–H and O–H groups in total. The topological polar surface area (TPSA) is 55.4 Å². The van der Waals surface area contributed by atoms with E-state index in [4.69, 9.17) is 4.74 Å². The summed E-state index contributed by atoms with van der Waals surface area (Å²) in [6.07, 6.45) is 2.20. The van der Waals surface area contributed by atoms with E-state index in [1.165, 1.54) is 6.26 Å². The third-order valence-corrected chi connectivity index (χ3v) is 3.71. The molecule has 0 aliphatic carbocycles. The summed E-state index contributed by atoms with van der Waals surface area (Å²) < 4.78 is 27.7. The fourth-order valence-corrected chi connectivity index (χ4v) is 2.31. The number of hydrogen-bond donors (Lipinski definition) is 1. The number of ether oxygens (including phenoxy) is 1. The number of rotatable bonds is 3. The molecule has 1 atom stereocenters. The maximum atomic E-state index is 11.2. The second-order valence-corrected chi connectivity index (χ2v) is 6.02. The van der Waals surface area contributed by atoms with Crippen molar-refractivity contribution in [1.82, 2.24) is 0 Å². The molecule has 1 fully saturated rings. The molecule has 1 aromatic carbocycles. The standard InChI is InChI=1S/C11H15NO3S/c1-16(13,14)11-4-2-9(3-5-11)12-10-6-7-15-8-10/h2-5,10,12H,6-8H2,1H3. The first kappa shape index (κ1) is 11.4. The Balaban J connectivity index is 2.07. The minimum atomic E-state index is -3.10. The molecule has 1 heterocycles. The lowest BCUT2D eigenvalue weighted by Crippen LogP contribution is -2.18. The fourth-order valence-electron chi connectivity index (χ4n) is 1.68. The molecule has 1 aromatic rings. The summed E-state index contributed by atoms with van der Waals surface area (Å²) in [5, 5.41) is 3.30. The molecule has 4 nitrogen and oxygen atoms in total. The molecule has 0 aromatic heterocycles. The van der Waals surface area contributed by atoms with E-state index in [9.17, 15) is 8.42 Å². The number of hydrogen-bond acceptors (Lipinski definition) is 4. The van der Waals surface area contributed by atoms with Crippen LogP contribution in [0.4, 0.5) is 5.69 Å². The van der Waals surface area contributed by atoms with Gasteiger partial charge in [0.2, 0.25) is 0 Å². The summed E-state index contributed by atoms with van der Waals surface area (Å²) >= 11 is 0. The van der Waals surface area contributed by atoms with E-state index in [1.807, 2.05) is 0 Å². The van der Waals surface area contributed by atoms with E-state index in [-0.39, 0.29) is 0 Å². The lowest BCUT2D eigenvalue weighted by atomic mass is 10.2. The van der Waals surface area contributed by atoms with Crippen LogP contribution in [-0.4, -0.2) is 33.9 Å². The van der Waals surface area contributed by atoms with Crippen molar-refractivity contribution in [3.63, 3.8) is 0 Å². The largest absolute Gasteiger partial charge is 0.380 e. The highest BCUT2D eigenvalue weighted by Crippen LogP contribution is 2.16. The Hall–Kier alpha value is -1.07. The highest BCUT2D eigenvalue weighted by Gasteiger charge is 2.15. The number of benzene rings is 1. The molecule has 2 rings (SSSR count). The van der Waals surface area contributed by atoms with Gasteiger partial charge in [-0.2, -0.15) is 0 Å². The minimum Gasteiger partial charge on any atom is -0.380 e. The van der Waals surface area contributed by atoms with Crippen molar-refractivity contribution in [1.29, 1.82) is 0 Å². The van der Waals surface area contributed by atoms with E-state index in [0.29, 0.717) is 17.5 Å². The number of sulfone groups is 1. The quantitative estimate of drug-likeness (QED) is 0.866. The third-order valence-electron chi connectivity index (χ3n) is 2.58. The van der Waals surface area contributed by atoms with Gasteiger partial charge in [-0.05, 0) is 30.7 Å². The molecule has 1 aliphatic rings. The van der Waals surface area contributed by atoms with Gasteiger partial charge in [0.25, 0.3) is 0 Å². The van der Waals surface area contributed by atoms with Crippen LogP contribution in [-0.2, 0) is 14.6 Å². The van der Waals surface area contributed by atoms with Crippen molar-refractivity contribution < 1.29 is 13.2 Å². The Morgan fingerprint density at radius 2 is 2.00 bits per heavy atom. The van der Waals surface area contributed by atoms with Gasteiger partial charge in [-0.15, -0.1) is 0 Å². The van der Waals surface area contributed by atoms with Crippen molar-refractivity contribution in [2.45, 2.75) is 17.4 Å². The minimum absolute atomic E-state index is 0.337. The molecule has 0 radical (unpaired) electrons. The van der Waals surface area contributed by atoms with Gasteiger partial charge in [0, 0.05) is 18.6 Å². The molecule has 16 heavy (non-hydrogen) atoms. The van der Waals surface area contributed by atoms with Crippen LogP contribution in [0.25, 0.3) is 0 Å². The number of anilines is 1. The van der Waals surface area contributed by atoms with Crippen LogP contribution in [0.3, 0.4) is 0 Å². The van der Waals surface area contributed by atoms with Crippen LogP contribution in [0, 0.1) is 0 Å². The van der Waals surface area contributed by atoms with Crippen LogP contribution in [0.1, 0.15) is 6.42 Å². The van der Waals surface area contributed by atoms with Gasteiger partial charge < -0.3 is 10.1 Å². The summed E-state index contributed by atoms with van der Waals surface area (Å²) in [6, 6.07) is 7.15. The Kier molecular flexibility index (Phi) is 3.16. The van der Waals surface area contributed by atoms with E-state index in [0.717, 1.165) is 18.7 Å². The molecule has 1 saturated heterocycles. The van der Waals surface area contributed by atoms with Gasteiger partial charge in [0.1, 0.15) is 0 Å². The first-order valence-corrected chi connectivity index (χ1v) is 7.09. The molecular weight excluding hydrogens is 226 g/mol. The highest BCUT2D eigenvalue weighted by atomic mass is 32.2. The molecule has 1 aliphatic heterocycles. The Bertz CT molecular complexity index is 447. The zero-order valence-electron chi connectivity index (χ0n) is 9.14. The smallest absolute Gasteiger partial charge is 0.175 e. The fraction of sp³-hybridized carbons (Fsp3) is 0.455. The van der Waals surface area contributed by atoms with Gasteiger partial charge in [0.15, 0.2) is 9.84 Å². The van der Waals surface area contributed by atoms with E-state index in [1.54, 1.807) is 24.3 Å². The molecule has 0 bridgehead atoms. The SMILES string of the molecule is CS(=O)(=O)c1ccc(NC2CCOC2)cc1. The molecular formula is C11H15NO3S. The van der Waals surface area contributed by atoms with Gasteiger partial charge in [0.05, 0.1) is 17.5 Å². The first-order chi connectivity index (χ1) is 7.55. The lowest BCUT2D eigenvalue weighted by molar-refractivity contribution is 0.195. The van der Waals surface area contributed by atoms with Gasteiger partial charge in [-0.1, -0.05) is 0 Å². The zero-order valence-corrected chi connectivity index (χ0v) is 9.96. The van der Waals surface area contributed by atoms with Crippen molar-refractivity contribution >= 4 is 15.5 Å². The average molecular weight is 241 g/mol. The molecule has 88 valence electrons. The van der Waals surface area contributed by atoms with Crippen LogP contribution >= 0.6 is 0 Å². The van der Waals surface area contributed by atoms with E-state index in [2.05, 4.69) is 5.32 Å². The van der Waals surface area contributed by atoms with E-state index >= 15 is 0 Å². The summed E-state index contributed by atoms with van der Waals surface area (Å²) in [5.74, 6) is 0. The highest BCUT2D eigenvalue weighted by molar-refractivity contribution is 7.90. The average Bonchev–Trinajstić information content (AvgIpc) is 2.70. The van der Waals surface area contributed by atoms with Crippen molar-refractivity contribution in [2.75, 3.05) is 24.8 Å². The van der Waals surface area contributed by atoms with Gasteiger partial charge in [-0.3, -0.25) is 0 Å². The Morgan fingerprint density at radius 1 is 1.31 bits per heavy atom. The Labute approximate surface area is 95.5 Å². The molecule has 0 saturated carbocycles. The zero-order chi connectivity index (χ0) is 11.6. The van der Waals surface area contributed by atoms with Crippen molar-refractivity contribution in [2.24, 2.45) is 0 Å². The van der Waals surface area contributed by atoms with Crippen LogP contribution in [0.15, 0.2) is 29.2 Å². The molecule has 1 unspecified atom stereocenters. The predicted molar refractivity (Wildman–Crippen MR) is 62.4 cm³/mol. The predicted octanol–water partition coefficient (Wildman–Crippen LogP) is 1.29. The maximum Gasteiger partial charge on any atom is 0.175 e. The van der Waals surface area contributed by atoms with Crippen LogP contribution < -0.4 is 5.32 Å². The summed E-state index contributed by atoms with van der Waals surface area (Å²) in [5.41, 5.74) is 0.933. The second-order valence-electron chi connectivity index (χ2n) is 4.00. The van der Waals surface area contributed by atoms with Crippen molar-refractivity contribution in [3.8, 4) is 0 Å². The summed E-state index contributed by atoms with van der Waals surface area (Å²) in [6.45, 7) is 1.51. The summed E-state index contributed by atoms with van der Waals surface area (Å²) in [4.78, 5) is 0.348. The maximum absolute atomic E-state index is 11.2. The first-order valence-electron chi connectivity index (χ1n) is 5.20. The number of nitrogens with one attached hydrogen (secondary N) is 1. The van der Waals surface area contributed by atoms with Crippen molar-refractivity contribution in [3.05, 3.63) is 24.3 Å². The Morgan fingerprint density at radius 3 is 2.50 bits per heavy atom. The molecule has 5 heteroatoms. The third kappa shape index (κ3) is 2.74. The van der Waals surface area contributed by atoms with Crippen LogP contribution in [0.2, 0.25) is 0 Å². The molecule has 0 spiro atoms. The van der Waals surface area contributed by atoms with Crippen LogP contribution in [0.5, 0.6) is 0 Å².